The minimum Gasteiger partial charge on any atom is -0.332 e. The molecular weight excluding hydrogens is 362 g/mol. The molecule has 2 aromatic heterocycles. The molecule has 3 aromatic rings. The van der Waals surface area contributed by atoms with Crippen molar-refractivity contribution in [2.45, 2.75) is 44.8 Å². The fourth-order valence-electron chi connectivity index (χ4n) is 3.21. The molecule has 0 atom stereocenters. The van der Waals surface area contributed by atoms with Crippen molar-refractivity contribution >= 4 is 11.6 Å². The summed E-state index contributed by atoms with van der Waals surface area (Å²) in [4.78, 5) is 4.48. The first-order valence-corrected chi connectivity index (χ1v) is 8.88. The molecule has 4 rings (SSSR count). The van der Waals surface area contributed by atoms with Gasteiger partial charge in [0.25, 0.3) is 5.89 Å². The Balaban J connectivity index is 1.68. The van der Waals surface area contributed by atoms with Gasteiger partial charge in [0.1, 0.15) is 12.5 Å². The van der Waals surface area contributed by atoms with Gasteiger partial charge in [0.05, 0.1) is 11.1 Å². The largest absolute Gasteiger partial charge is 0.332 e. The molecule has 1 aromatic carbocycles. The number of aryl methyl sites for hydroxylation is 1. The lowest BCUT2D eigenvalue weighted by atomic mass is 9.95. The number of benzene rings is 1. The van der Waals surface area contributed by atoms with Gasteiger partial charge in [-0.15, -0.1) is 0 Å². The number of hydrogen-bond acceptors (Lipinski definition) is 4. The van der Waals surface area contributed by atoms with Gasteiger partial charge < -0.3 is 4.52 Å². The second-order valence-electron chi connectivity index (χ2n) is 6.51. The van der Waals surface area contributed by atoms with Gasteiger partial charge in [0.15, 0.2) is 11.5 Å². The molecule has 2 heterocycles. The maximum Gasteiger partial charge on any atom is 0.278 e. The van der Waals surface area contributed by atoms with Crippen LogP contribution in [0.4, 0.5) is 8.78 Å². The van der Waals surface area contributed by atoms with Crippen molar-refractivity contribution in [1.82, 2.24) is 19.9 Å². The predicted octanol–water partition coefficient (Wildman–Crippen LogP) is 4.69. The zero-order valence-electron chi connectivity index (χ0n) is 14.2. The SMILES string of the molecule is CCCn1nc(-c2nc(C3(c4ccc(F)cc4Cl)CC3)no2)cc1CF. The molecule has 0 bridgehead atoms. The van der Waals surface area contributed by atoms with Crippen molar-refractivity contribution in [3.8, 4) is 11.6 Å². The highest BCUT2D eigenvalue weighted by Gasteiger charge is 2.51. The third-order valence-electron chi connectivity index (χ3n) is 4.71. The van der Waals surface area contributed by atoms with Gasteiger partial charge in [-0.1, -0.05) is 29.7 Å². The zero-order chi connectivity index (χ0) is 18.3. The molecule has 0 saturated heterocycles. The molecular formula is C18H17ClF2N4O. The van der Waals surface area contributed by atoms with E-state index in [1.54, 1.807) is 16.8 Å². The average Bonchev–Trinajstić information content (AvgIpc) is 3.08. The Bertz CT molecular complexity index is 949. The molecule has 136 valence electrons. The molecule has 1 fully saturated rings. The van der Waals surface area contributed by atoms with Crippen LogP contribution < -0.4 is 0 Å². The minimum absolute atomic E-state index is 0.245. The molecule has 0 N–H and O–H groups in total. The van der Waals surface area contributed by atoms with Crippen LogP contribution in [-0.2, 0) is 18.6 Å². The van der Waals surface area contributed by atoms with E-state index in [4.69, 9.17) is 16.1 Å². The third kappa shape index (κ3) is 2.80. The number of nitrogens with zero attached hydrogens (tertiary/aromatic N) is 4. The number of rotatable bonds is 6. The van der Waals surface area contributed by atoms with E-state index >= 15 is 0 Å². The van der Waals surface area contributed by atoms with Gasteiger partial charge >= 0.3 is 0 Å². The molecule has 1 aliphatic rings. The molecule has 8 heteroatoms. The van der Waals surface area contributed by atoms with E-state index in [0.29, 0.717) is 28.8 Å². The van der Waals surface area contributed by atoms with Crippen molar-refractivity contribution in [3.63, 3.8) is 0 Å². The van der Waals surface area contributed by atoms with E-state index in [2.05, 4.69) is 15.2 Å². The monoisotopic (exact) mass is 378 g/mol. The maximum atomic E-state index is 13.3. The fraction of sp³-hybridized carbons (Fsp3) is 0.389. The summed E-state index contributed by atoms with van der Waals surface area (Å²) in [6.45, 7) is 2.01. The molecule has 0 aliphatic heterocycles. The van der Waals surface area contributed by atoms with Gasteiger partial charge in [-0.05, 0) is 43.0 Å². The average molecular weight is 379 g/mol. The molecule has 1 saturated carbocycles. The number of halogens is 3. The lowest BCUT2D eigenvalue weighted by Crippen LogP contribution is -2.11. The van der Waals surface area contributed by atoms with Crippen molar-refractivity contribution in [2.75, 3.05) is 0 Å². The summed E-state index contributed by atoms with van der Waals surface area (Å²) in [6.07, 6.45) is 2.45. The topological polar surface area (TPSA) is 56.7 Å². The van der Waals surface area contributed by atoms with Crippen LogP contribution >= 0.6 is 11.6 Å². The number of aromatic nitrogens is 4. The lowest BCUT2D eigenvalue weighted by molar-refractivity contribution is 0.415. The Morgan fingerprint density at radius 2 is 2.12 bits per heavy atom. The maximum absolute atomic E-state index is 13.3. The highest BCUT2D eigenvalue weighted by Crippen LogP contribution is 2.54. The Labute approximate surface area is 154 Å². The Morgan fingerprint density at radius 1 is 1.31 bits per heavy atom. The Hall–Kier alpha value is -2.28. The molecule has 1 aliphatic carbocycles. The van der Waals surface area contributed by atoms with Crippen LogP contribution in [-0.4, -0.2) is 19.9 Å². The summed E-state index contributed by atoms with van der Waals surface area (Å²) >= 11 is 6.22. The second kappa shape index (κ2) is 6.46. The van der Waals surface area contributed by atoms with Crippen molar-refractivity contribution in [3.05, 3.63) is 52.2 Å². The molecule has 26 heavy (non-hydrogen) atoms. The first-order chi connectivity index (χ1) is 12.6. The van der Waals surface area contributed by atoms with Crippen molar-refractivity contribution in [2.24, 2.45) is 0 Å². The number of hydrogen-bond donors (Lipinski definition) is 0. The van der Waals surface area contributed by atoms with Crippen LogP contribution in [0.1, 0.15) is 43.3 Å². The number of alkyl halides is 1. The predicted molar refractivity (Wildman–Crippen MR) is 92.0 cm³/mol. The van der Waals surface area contributed by atoms with E-state index < -0.39 is 12.1 Å². The summed E-state index contributed by atoms with van der Waals surface area (Å²) < 4.78 is 33.5. The van der Waals surface area contributed by atoms with Crippen LogP contribution in [0.3, 0.4) is 0 Å². The highest BCUT2D eigenvalue weighted by molar-refractivity contribution is 6.31. The third-order valence-corrected chi connectivity index (χ3v) is 5.02. The van der Waals surface area contributed by atoms with E-state index in [9.17, 15) is 8.78 Å². The summed E-state index contributed by atoms with van der Waals surface area (Å²) in [5, 5.41) is 8.81. The first kappa shape index (κ1) is 17.1. The summed E-state index contributed by atoms with van der Waals surface area (Å²) in [6, 6.07) is 5.95. The van der Waals surface area contributed by atoms with Crippen molar-refractivity contribution in [1.29, 1.82) is 0 Å². The van der Waals surface area contributed by atoms with E-state index in [1.165, 1.54) is 12.1 Å². The zero-order valence-corrected chi connectivity index (χ0v) is 14.9. The van der Waals surface area contributed by atoms with E-state index in [-0.39, 0.29) is 11.7 Å². The van der Waals surface area contributed by atoms with Crippen LogP contribution in [0.25, 0.3) is 11.6 Å². The van der Waals surface area contributed by atoms with Crippen molar-refractivity contribution < 1.29 is 13.3 Å². The lowest BCUT2D eigenvalue weighted by Gasteiger charge is -2.12. The summed E-state index contributed by atoms with van der Waals surface area (Å²) in [7, 11) is 0. The summed E-state index contributed by atoms with van der Waals surface area (Å²) in [5.74, 6) is 0.352. The first-order valence-electron chi connectivity index (χ1n) is 8.50. The van der Waals surface area contributed by atoms with Gasteiger partial charge in [-0.25, -0.2) is 8.78 Å². The molecule has 0 spiro atoms. The van der Waals surface area contributed by atoms with Gasteiger partial charge in [-0.3, -0.25) is 4.68 Å². The summed E-state index contributed by atoms with van der Waals surface area (Å²) in [5.41, 5.74) is 1.26. The van der Waals surface area contributed by atoms with Gasteiger partial charge in [0.2, 0.25) is 0 Å². The minimum atomic E-state index is -0.608. The standard InChI is InChI=1S/C18H17ClF2N4O/c1-2-7-25-12(10-20)9-15(23-25)16-22-17(24-26-16)18(5-6-18)13-4-3-11(21)8-14(13)19/h3-4,8-9H,2,5-7,10H2,1H3. The smallest absolute Gasteiger partial charge is 0.278 e. The molecule has 0 radical (unpaired) electrons. The van der Waals surface area contributed by atoms with Crippen LogP contribution in [0.2, 0.25) is 5.02 Å². The normalized spacial score (nSPS) is 15.4. The fourth-order valence-corrected chi connectivity index (χ4v) is 3.56. The van der Waals surface area contributed by atoms with Gasteiger partial charge in [-0.2, -0.15) is 10.1 Å². The van der Waals surface area contributed by atoms with Crippen LogP contribution in [0, 0.1) is 5.82 Å². The Kier molecular flexibility index (Phi) is 4.26. The quantitative estimate of drug-likeness (QED) is 0.624. The molecule has 0 unspecified atom stereocenters. The van der Waals surface area contributed by atoms with E-state index in [1.807, 2.05) is 6.92 Å². The van der Waals surface area contributed by atoms with Crippen LogP contribution in [0.15, 0.2) is 28.8 Å². The van der Waals surface area contributed by atoms with Crippen LogP contribution in [0.5, 0.6) is 0 Å². The Morgan fingerprint density at radius 3 is 2.77 bits per heavy atom. The second-order valence-corrected chi connectivity index (χ2v) is 6.91. The highest BCUT2D eigenvalue weighted by atomic mass is 35.5. The molecule has 5 nitrogen and oxygen atoms in total. The van der Waals surface area contributed by atoms with E-state index in [0.717, 1.165) is 24.8 Å². The molecule has 0 amide bonds. The van der Waals surface area contributed by atoms with Gasteiger partial charge in [0, 0.05) is 11.6 Å².